The number of hydrogen-bond donors (Lipinski definition) is 2. The maximum absolute atomic E-state index is 12.6. The van der Waals surface area contributed by atoms with Crippen molar-refractivity contribution in [1.29, 1.82) is 0 Å². The number of benzene rings is 2. The van der Waals surface area contributed by atoms with Gasteiger partial charge in [-0.1, -0.05) is 61.9 Å². The number of rotatable bonds is 6. The van der Waals surface area contributed by atoms with Gasteiger partial charge >= 0.3 is 0 Å². The zero-order valence-electron chi connectivity index (χ0n) is 16.5. The Hall–Kier alpha value is -2.62. The second-order valence-corrected chi connectivity index (χ2v) is 7.84. The van der Waals surface area contributed by atoms with Crippen molar-refractivity contribution < 1.29 is 9.59 Å². The summed E-state index contributed by atoms with van der Waals surface area (Å²) in [7, 11) is 0. The zero-order chi connectivity index (χ0) is 19.6. The van der Waals surface area contributed by atoms with Crippen molar-refractivity contribution in [1.82, 2.24) is 5.32 Å². The van der Waals surface area contributed by atoms with E-state index in [1.807, 2.05) is 56.3 Å². The highest BCUT2D eigenvalue weighted by atomic mass is 16.2. The van der Waals surface area contributed by atoms with Crippen molar-refractivity contribution in [2.45, 2.75) is 46.6 Å². The van der Waals surface area contributed by atoms with Crippen molar-refractivity contribution >= 4 is 17.5 Å². The van der Waals surface area contributed by atoms with Crippen LogP contribution in [0.4, 0.5) is 5.69 Å². The van der Waals surface area contributed by atoms with Gasteiger partial charge in [-0.25, -0.2) is 0 Å². The number of carbonyl (C=O) groups excluding carboxylic acids is 2. The van der Waals surface area contributed by atoms with Crippen LogP contribution in [0, 0.1) is 25.7 Å². The molecular weight excluding hydrogens is 336 g/mol. The molecule has 2 unspecified atom stereocenters. The summed E-state index contributed by atoms with van der Waals surface area (Å²) >= 11 is 0. The van der Waals surface area contributed by atoms with Gasteiger partial charge in [-0.05, 0) is 42.9 Å². The Morgan fingerprint density at radius 2 is 1.67 bits per heavy atom. The first kappa shape index (κ1) is 19.2. The summed E-state index contributed by atoms with van der Waals surface area (Å²) in [4.78, 5) is 25.0. The van der Waals surface area contributed by atoms with Gasteiger partial charge in [0.15, 0.2) is 0 Å². The Morgan fingerprint density at radius 3 is 2.33 bits per heavy atom. The van der Waals surface area contributed by atoms with Gasteiger partial charge in [0.05, 0.1) is 11.8 Å². The maximum atomic E-state index is 12.6. The molecule has 0 saturated heterocycles. The number of para-hydroxylation sites is 1. The molecule has 4 heteroatoms. The van der Waals surface area contributed by atoms with E-state index in [-0.39, 0.29) is 23.7 Å². The smallest absolute Gasteiger partial charge is 0.228 e. The van der Waals surface area contributed by atoms with E-state index in [0.29, 0.717) is 18.9 Å². The molecule has 1 aliphatic carbocycles. The van der Waals surface area contributed by atoms with Crippen LogP contribution in [0.2, 0.25) is 0 Å². The fourth-order valence-electron chi connectivity index (χ4n) is 3.36. The van der Waals surface area contributed by atoms with Gasteiger partial charge in [0.25, 0.3) is 0 Å². The van der Waals surface area contributed by atoms with E-state index in [1.54, 1.807) is 0 Å². The van der Waals surface area contributed by atoms with Crippen LogP contribution in [0.5, 0.6) is 0 Å². The molecule has 4 nitrogen and oxygen atoms in total. The molecule has 0 bridgehead atoms. The summed E-state index contributed by atoms with van der Waals surface area (Å²) in [6.45, 7) is 8.76. The molecule has 1 fully saturated rings. The number of nitrogens with one attached hydrogen (secondary N) is 2. The van der Waals surface area contributed by atoms with Gasteiger partial charge in [0.1, 0.15) is 0 Å². The molecule has 0 heterocycles. The van der Waals surface area contributed by atoms with Crippen molar-refractivity contribution in [3.05, 3.63) is 64.7 Å². The average molecular weight is 364 g/mol. The van der Waals surface area contributed by atoms with Gasteiger partial charge < -0.3 is 10.6 Å². The van der Waals surface area contributed by atoms with Crippen LogP contribution in [0.25, 0.3) is 0 Å². The van der Waals surface area contributed by atoms with E-state index in [2.05, 4.69) is 24.5 Å². The highest BCUT2D eigenvalue weighted by Crippen LogP contribution is 2.40. The monoisotopic (exact) mass is 364 g/mol. The largest absolute Gasteiger partial charge is 0.352 e. The lowest BCUT2D eigenvalue weighted by Gasteiger charge is -2.16. The topological polar surface area (TPSA) is 58.2 Å². The Morgan fingerprint density at radius 1 is 1.00 bits per heavy atom. The summed E-state index contributed by atoms with van der Waals surface area (Å²) in [6, 6.07) is 14.1. The molecule has 3 rings (SSSR count). The SMILES string of the molecule is Cc1ccc(CNC(=O)C2CC2C(=O)Nc2c(C)cccc2C(C)C)cc1. The van der Waals surface area contributed by atoms with Crippen LogP contribution in [-0.4, -0.2) is 11.8 Å². The third-order valence-corrected chi connectivity index (χ3v) is 5.23. The molecule has 0 spiro atoms. The molecule has 2 atom stereocenters. The molecule has 0 aromatic heterocycles. The van der Waals surface area contributed by atoms with E-state index in [9.17, 15) is 9.59 Å². The number of carbonyl (C=O) groups is 2. The minimum atomic E-state index is -0.234. The summed E-state index contributed by atoms with van der Waals surface area (Å²) in [6.07, 6.45) is 0.620. The summed E-state index contributed by atoms with van der Waals surface area (Å²) in [5.41, 5.74) is 5.33. The number of amides is 2. The number of aryl methyl sites for hydroxylation is 2. The minimum Gasteiger partial charge on any atom is -0.352 e. The zero-order valence-corrected chi connectivity index (χ0v) is 16.5. The fraction of sp³-hybridized carbons (Fsp3) is 0.391. The molecule has 2 N–H and O–H groups in total. The highest BCUT2D eigenvalue weighted by molar-refractivity contribution is 6.00. The quantitative estimate of drug-likeness (QED) is 0.802. The maximum Gasteiger partial charge on any atom is 0.228 e. The van der Waals surface area contributed by atoms with Crippen LogP contribution < -0.4 is 10.6 Å². The van der Waals surface area contributed by atoms with Crippen LogP contribution in [0.1, 0.15) is 48.4 Å². The van der Waals surface area contributed by atoms with Crippen LogP contribution >= 0.6 is 0 Å². The van der Waals surface area contributed by atoms with Crippen molar-refractivity contribution in [2.75, 3.05) is 5.32 Å². The molecule has 1 aliphatic rings. The average Bonchev–Trinajstić information content (AvgIpc) is 3.43. The van der Waals surface area contributed by atoms with Crippen LogP contribution in [-0.2, 0) is 16.1 Å². The Bertz CT molecular complexity index is 840. The Kier molecular flexibility index (Phi) is 5.64. The second kappa shape index (κ2) is 7.95. The van der Waals surface area contributed by atoms with Crippen molar-refractivity contribution in [3.8, 4) is 0 Å². The number of anilines is 1. The predicted molar refractivity (Wildman–Crippen MR) is 109 cm³/mol. The molecule has 0 aliphatic heterocycles. The van der Waals surface area contributed by atoms with E-state index in [1.165, 1.54) is 5.56 Å². The highest BCUT2D eigenvalue weighted by Gasteiger charge is 2.48. The van der Waals surface area contributed by atoms with Gasteiger partial charge in [-0.2, -0.15) is 0 Å². The lowest BCUT2D eigenvalue weighted by atomic mass is 9.98. The summed E-state index contributed by atoms with van der Waals surface area (Å²) in [5.74, 6) is -0.219. The molecule has 0 radical (unpaired) electrons. The Labute approximate surface area is 161 Å². The van der Waals surface area contributed by atoms with E-state index >= 15 is 0 Å². The molecule has 1 saturated carbocycles. The number of hydrogen-bond acceptors (Lipinski definition) is 2. The van der Waals surface area contributed by atoms with Gasteiger partial charge in [-0.3, -0.25) is 9.59 Å². The lowest BCUT2D eigenvalue weighted by Crippen LogP contribution is -2.27. The third kappa shape index (κ3) is 4.57. The predicted octanol–water partition coefficient (Wildman–Crippen LogP) is 4.32. The fourth-order valence-corrected chi connectivity index (χ4v) is 3.36. The normalized spacial score (nSPS) is 18.3. The van der Waals surface area contributed by atoms with E-state index in [4.69, 9.17) is 0 Å². The van der Waals surface area contributed by atoms with Gasteiger partial charge in [0, 0.05) is 12.2 Å². The lowest BCUT2D eigenvalue weighted by molar-refractivity contribution is -0.125. The molecule has 2 amide bonds. The van der Waals surface area contributed by atoms with E-state index in [0.717, 1.165) is 22.4 Å². The molecule has 27 heavy (non-hydrogen) atoms. The molecule has 2 aromatic rings. The Balaban J connectivity index is 1.56. The molecular formula is C23H28N2O2. The first-order valence-electron chi connectivity index (χ1n) is 9.60. The molecule has 2 aromatic carbocycles. The minimum absolute atomic E-state index is 0.0374. The molecule has 142 valence electrons. The van der Waals surface area contributed by atoms with Crippen molar-refractivity contribution in [3.63, 3.8) is 0 Å². The standard InChI is InChI=1S/C23H28N2O2/c1-14(2)18-7-5-6-16(4)21(18)25-23(27)20-12-19(20)22(26)24-13-17-10-8-15(3)9-11-17/h5-11,14,19-20H,12-13H2,1-4H3,(H,24,26)(H,25,27). The summed E-state index contributed by atoms with van der Waals surface area (Å²) < 4.78 is 0. The second-order valence-electron chi connectivity index (χ2n) is 7.84. The first-order chi connectivity index (χ1) is 12.9. The van der Waals surface area contributed by atoms with Gasteiger partial charge in [-0.15, -0.1) is 0 Å². The first-order valence-corrected chi connectivity index (χ1v) is 9.60. The third-order valence-electron chi connectivity index (χ3n) is 5.23. The van der Waals surface area contributed by atoms with Crippen molar-refractivity contribution in [2.24, 2.45) is 11.8 Å². The van der Waals surface area contributed by atoms with Crippen LogP contribution in [0.3, 0.4) is 0 Å². The van der Waals surface area contributed by atoms with Crippen LogP contribution in [0.15, 0.2) is 42.5 Å². The van der Waals surface area contributed by atoms with Gasteiger partial charge in [0.2, 0.25) is 11.8 Å². The summed E-state index contributed by atoms with van der Waals surface area (Å²) in [5, 5.41) is 6.02. The van der Waals surface area contributed by atoms with E-state index < -0.39 is 0 Å².